The summed E-state index contributed by atoms with van der Waals surface area (Å²) in [6.07, 6.45) is 1.48. The first-order valence-electron chi connectivity index (χ1n) is 8.25. The molecular formula is C20H17BrN2O4S. The van der Waals surface area contributed by atoms with Crippen molar-refractivity contribution in [2.45, 2.75) is 6.92 Å². The van der Waals surface area contributed by atoms with Gasteiger partial charge in [-0.15, -0.1) is 0 Å². The Balaban J connectivity index is 2.07. The van der Waals surface area contributed by atoms with Gasteiger partial charge in [0.25, 0.3) is 11.8 Å². The van der Waals surface area contributed by atoms with Gasteiger partial charge in [-0.3, -0.25) is 19.8 Å². The third kappa shape index (κ3) is 3.79. The number of nitrogens with one attached hydrogen (secondary N) is 1. The topological polar surface area (TPSA) is 67.9 Å². The highest BCUT2D eigenvalue weighted by atomic mass is 79.9. The number of benzene rings is 2. The quantitative estimate of drug-likeness (QED) is 0.428. The monoisotopic (exact) mass is 460 g/mol. The fourth-order valence-electron chi connectivity index (χ4n) is 2.74. The SMILES string of the molecule is COc1cc(OC)c(/C=C2\C(=O)NC(=S)N(c3ccc(C)cc3)C2=O)cc1Br. The Morgan fingerprint density at radius 1 is 1.07 bits per heavy atom. The van der Waals surface area contributed by atoms with Gasteiger partial charge in [0.2, 0.25) is 0 Å². The molecule has 1 fully saturated rings. The fraction of sp³-hybridized carbons (Fsp3) is 0.150. The number of aryl methyl sites for hydroxylation is 1. The van der Waals surface area contributed by atoms with Crippen molar-refractivity contribution in [3.8, 4) is 11.5 Å². The van der Waals surface area contributed by atoms with Crippen LogP contribution in [0.2, 0.25) is 0 Å². The van der Waals surface area contributed by atoms with E-state index in [9.17, 15) is 9.59 Å². The Morgan fingerprint density at radius 2 is 1.71 bits per heavy atom. The molecule has 28 heavy (non-hydrogen) atoms. The second kappa shape index (κ2) is 8.12. The molecule has 0 aliphatic carbocycles. The highest BCUT2D eigenvalue weighted by Gasteiger charge is 2.34. The minimum absolute atomic E-state index is 0.0406. The average molecular weight is 461 g/mol. The van der Waals surface area contributed by atoms with E-state index in [0.29, 0.717) is 27.2 Å². The molecule has 1 aliphatic rings. The van der Waals surface area contributed by atoms with Gasteiger partial charge < -0.3 is 9.47 Å². The fourth-order valence-corrected chi connectivity index (χ4v) is 3.54. The molecule has 0 atom stereocenters. The molecule has 6 nitrogen and oxygen atoms in total. The van der Waals surface area contributed by atoms with Crippen molar-refractivity contribution in [2.75, 3.05) is 19.1 Å². The summed E-state index contributed by atoms with van der Waals surface area (Å²) in [7, 11) is 3.04. The van der Waals surface area contributed by atoms with Crippen molar-refractivity contribution in [2.24, 2.45) is 0 Å². The molecule has 1 heterocycles. The molecule has 1 saturated heterocycles. The number of hydrogen-bond donors (Lipinski definition) is 1. The van der Waals surface area contributed by atoms with E-state index in [2.05, 4.69) is 21.2 Å². The van der Waals surface area contributed by atoms with E-state index in [1.165, 1.54) is 25.2 Å². The van der Waals surface area contributed by atoms with Crippen molar-refractivity contribution in [1.29, 1.82) is 0 Å². The van der Waals surface area contributed by atoms with Crippen LogP contribution < -0.4 is 19.7 Å². The van der Waals surface area contributed by atoms with Crippen LogP contribution in [-0.2, 0) is 9.59 Å². The first kappa shape index (κ1) is 20.0. The Bertz CT molecular complexity index is 1000. The number of carbonyl (C=O) groups excluding carboxylic acids is 2. The van der Waals surface area contributed by atoms with E-state index in [0.717, 1.165) is 5.56 Å². The van der Waals surface area contributed by atoms with Crippen molar-refractivity contribution < 1.29 is 19.1 Å². The zero-order chi connectivity index (χ0) is 20.4. The van der Waals surface area contributed by atoms with Crippen LogP contribution in [0.3, 0.4) is 0 Å². The molecule has 144 valence electrons. The van der Waals surface area contributed by atoms with Crippen LogP contribution in [0.1, 0.15) is 11.1 Å². The Hall–Kier alpha value is -2.71. The van der Waals surface area contributed by atoms with Crippen molar-refractivity contribution in [3.63, 3.8) is 0 Å². The molecule has 2 aromatic rings. The van der Waals surface area contributed by atoms with Gasteiger partial charge in [0, 0.05) is 11.6 Å². The summed E-state index contributed by atoms with van der Waals surface area (Å²) < 4.78 is 11.3. The van der Waals surface area contributed by atoms with Crippen LogP contribution in [-0.4, -0.2) is 31.1 Å². The van der Waals surface area contributed by atoms with Crippen LogP contribution in [0.15, 0.2) is 46.4 Å². The van der Waals surface area contributed by atoms with E-state index >= 15 is 0 Å². The van der Waals surface area contributed by atoms with Crippen LogP contribution >= 0.6 is 28.1 Å². The normalized spacial score (nSPS) is 15.6. The van der Waals surface area contributed by atoms with Gasteiger partial charge in [-0.05, 0) is 59.3 Å². The van der Waals surface area contributed by atoms with E-state index < -0.39 is 11.8 Å². The minimum atomic E-state index is -0.563. The van der Waals surface area contributed by atoms with Gasteiger partial charge in [0.05, 0.1) is 24.4 Å². The predicted molar refractivity (Wildman–Crippen MR) is 115 cm³/mol. The van der Waals surface area contributed by atoms with Crippen molar-refractivity contribution in [1.82, 2.24) is 5.32 Å². The lowest BCUT2D eigenvalue weighted by Gasteiger charge is -2.29. The molecule has 0 aromatic heterocycles. The van der Waals surface area contributed by atoms with Gasteiger partial charge in [0.15, 0.2) is 5.11 Å². The third-order valence-corrected chi connectivity index (χ3v) is 5.10. The molecular weight excluding hydrogens is 444 g/mol. The number of amides is 2. The first-order chi connectivity index (χ1) is 13.3. The molecule has 1 aliphatic heterocycles. The molecule has 3 rings (SSSR count). The number of halogens is 1. The zero-order valence-electron chi connectivity index (χ0n) is 15.4. The molecule has 2 aromatic carbocycles. The maximum Gasteiger partial charge on any atom is 0.270 e. The average Bonchev–Trinajstić information content (AvgIpc) is 2.66. The summed E-state index contributed by atoms with van der Waals surface area (Å²) >= 11 is 8.62. The second-order valence-corrected chi connectivity index (χ2v) is 7.26. The number of carbonyl (C=O) groups is 2. The molecule has 2 amide bonds. The number of anilines is 1. The highest BCUT2D eigenvalue weighted by molar-refractivity contribution is 9.10. The number of methoxy groups -OCH3 is 2. The van der Waals surface area contributed by atoms with Gasteiger partial charge >= 0.3 is 0 Å². The Kier molecular flexibility index (Phi) is 5.81. The van der Waals surface area contributed by atoms with Crippen LogP contribution in [0.25, 0.3) is 6.08 Å². The lowest BCUT2D eigenvalue weighted by atomic mass is 10.1. The molecule has 0 bridgehead atoms. The summed E-state index contributed by atoms with van der Waals surface area (Å²) in [6.45, 7) is 1.95. The summed E-state index contributed by atoms with van der Waals surface area (Å²) in [5.74, 6) is -0.0389. The summed E-state index contributed by atoms with van der Waals surface area (Å²) in [5, 5.41) is 2.61. The molecule has 0 unspecified atom stereocenters. The Labute approximate surface area is 176 Å². The molecule has 0 saturated carbocycles. The summed E-state index contributed by atoms with van der Waals surface area (Å²) in [6, 6.07) is 10.7. The first-order valence-corrected chi connectivity index (χ1v) is 9.45. The van der Waals surface area contributed by atoms with Crippen molar-refractivity contribution >= 4 is 56.8 Å². The molecule has 1 N–H and O–H groups in total. The lowest BCUT2D eigenvalue weighted by Crippen LogP contribution is -2.54. The van der Waals surface area contributed by atoms with E-state index in [4.69, 9.17) is 21.7 Å². The smallest absolute Gasteiger partial charge is 0.270 e. The lowest BCUT2D eigenvalue weighted by molar-refractivity contribution is -0.122. The number of hydrogen-bond acceptors (Lipinski definition) is 5. The Morgan fingerprint density at radius 3 is 2.32 bits per heavy atom. The van der Waals surface area contributed by atoms with E-state index in [1.54, 1.807) is 24.3 Å². The molecule has 0 spiro atoms. The summed E-state index contributed by atoms with van der Waals surface area (Å²) in [4.78, 5) is 26.8. The van der Waals surface area contributed by atoms with Crippen LogP contribution in [0.4, 0.5) is 5.69 Å². The van der Waals surface area contributed by atoms with Gasteiger partial charge in [-0.2, -0.15) is 0 Å². The van der Waals surface area contributed by atoms with Crippen LogP contribution in [0.5, 0.6) is 11.5 Å². The molecule has 0 radical (unpaired) electrons. The number of thiocarbonyl (C=S) groups is 1. The minimum Gasteiger partial charge on any atom is -0.496 e. The van der Waals surface area contributed by atoms with Gasteiger partial charge in [0.1, 0.15) is 17.1 Å². The van der Waals surface area contributed by atoms with Crippen LogP contribution in [0, 0.1) is 6.92 Å². The van der Waals surface area contributed by atoms with Gasteiger partial charge in [-0.1, -0.05) is 17.7 Å². The largest absolute Gasteiger partial charge is 0.496 e. The standard InChI is InChI=1S/C20H17BrN2O4S/c1-11-4-6-13(7-5-11)23-19(25)14(18(24)22-20(23)28)8-12-9-15(21)17(27-3)10-16(12)26-2/h4-10H,1-3H3,(H,22,24,28)/b14-8+. The second-order valence-electron chi connectivity index (χ2n) is 6.02. The maximum atomic E-state index is 13.1. The predicted octanol–water partition coefficient (Wildman–Crippen LogP) is 3.61. The third-order valence-electron chi connectivity index (χ3n) is 4.20. The number of rotatable bonds is 4. The zero-order valence-corrected chi connectivity index (χ0v) is 17.8. The number of nitrogens with zero attached hydrogens (tertiary/aromatic N) is 1. The number of ether oxygens (including phenoxy) is 2. The van der Waals surface area contributed by atoms with Crippen molar-refractivity contribution in [3.05, 3.63) is 57.6 Å². The van der Waals surface area contributed by atoms with E-state index in [-0.39, 0.29) is 10.7 Å². The highest BCUT2D eigenvalue weighted by Crippen LogP contribution is 2.34. The van der Waals surface area contributed by atoms with Gasteiger partial charge in [-0.25, -0.2) is 0 Å². The summed E-state index contributed by atoms with van der Waals surface area (Å²) in [5.41, 5.74) is 2.12. The molecule has 8 heteroatoms. The maximum absolute atomic E-state index is 13.1. The van der Waals surface area contributed by atoms with E-state index in [1.807, 2.05) is 19.1 Å².